The summed E-state index contributed by atoms with van der Waals surface area (Å²) in [7, 11) is 0. The zero-order valence-corrected chi connectivity index (χ0v) is 15.2. The second-order valence-electron chi connectivity index (χ2n) is 7.45. The average molecular weight is 369 g/mol. The lowest BCUT2D eigenvalue weighted by Gasteiger charge is -2.39. The van der Waals surface area contributed by atoms with E-state index in [4.69, 9.17) is 16.7 Å². The summed E-state index contributed by atoms with van der Waals surface area (Å²) in [6.07, 6.45) is 7.54. The van der Waals surface area contributed by atoms with Crippen molar-refractivity contribution in [1.82, 2.24) is 14.6 Å². The van der Waals surface area contributed by atoms with Crippen LogP contribution in [0.5, 0.6) is 0 Å². The Bertz CT molecular complexity index is 940. The fourth-order valence-corrected chi connectivity index (χ4v) is 4.01. The summed E-state index contributed by atoms with van der Waals surface area (Å²) >= 11 is 5.98. The number of anilines is 1. The van der Waals surface area contributed by atoms with Crippen molar-refractivity contribution < 1.29 is 5.11 Å². The molecule has 134 valence electrons. The maximum absolute atomic E-state index is 11.1. The number of benzene rings is 1. The number of aliphatic hydroxyl groups is 1. The minimum atomic E-state index is -0.800. The van der Waals surface area contributed by atoms with Crippen LogP contribution in [0.1, 0.15) is 42.9 Å². The van der Waals surface area contributed by atoms with Gasteiger partial charge in [-0.2, -0.15) is 5.10 Å². The fraction of sp³-hybridized carbons (Fsp3) is 0.400. The molecule has 6 heteroatoms. The minimum Gasteiger partial charge on any atom is -0.385 e. The van der Waals surface area contributed by atoms with Crippen LogP contribution in [0.3, 0.4) is 0 Å². The maximum Gasteiger partial charge on any atom is 0.154 e. The van der Waals surface area contributed by atoms with Crippen molar-refractivity contribution in [2.45, 2.75) is 37.2 Å². The second kappa shape index (κ2) is 5.96. The highest BCUT2D eigenvalue weighted by molar-refractivity contribution is 6.30. The molecule has 1 saturated carbocycles. The molecule has 0 spiro atoms. The van der Waals surface area contributed by atoms with E-state index in [0.29, 0.717) is 23.8 Å². The number of hydrogen-bond donors (Lipinski definition) is 1. The van der Waals surface area contributed by atoms with E-state index in [1.807, 2.05) is 41.2 Å². The van der Waals surface area contributed by atoms with E-state index in [0.717, 1.165) is 30.0 Å². The number of aromatic nitrogens is 3. The van der Waals surface area contributed by atoms with Crippen molar-refractivity contribution in [2.24, 2.45) is 0 Å². The number of rotatable bonds is 3. The summed E-state index contributed by atoms with van der Waals surface area (Å²) in [5.74, 6) is 1.59. The highest BCUT2D eigenvalue weighted by Gasteiger charge is 2.35. The summed E-state index contributed by atoms with van der Waals surface area (Å²) in [6.45, 7) is 1.52. The smallest absolute Gasteiger partial charge is 0.154 e. The largest absolute Gasteiger partial charge is 0.385 e. The van der Waals surface area contributed by atoms with Crippen molar-refractivity contribution in [1.29, 1.82) is 0 Å². The molecule has 0 radical (unpaired) electrons. The van der Waals surface area contributed by atoms with Gasteiger partial charge in [-0.15, -0.1) is 0 Å². The number of hydrogen-bond acceptors (Lipinski definition) is 4. The van der Waals surface area contributed by atoms with Gasteiger partial charge in [0.2, 0.25) is 0 Å². The minimum absolute atomic E-state index is 0.624. The van der Waals surface area contributed by atoms with Crippen LogP contribution in [0.25, 0.3) is 5.52 Å². The predicted octanol–water partition coefficient (Wildman–Crippen LogP) is 3.75. The molecule has 0 bridgehead atoms. The molecule has 5 nitrogen and oxygen atoms in total. The molecule has 0 unspecified atom stereocenters. The van der Waals surface area contributed by atoms with Crippen LogP contribution in [0, 0.1) is 0 Å². The highest BCUT2D eigenvalue weighted by Crippen LogP contribution is 2.41. The summed E-state index contributed by atoms with van der Waals surface area (Å²) in [5.41, 5.74) is 2.37. The van der Waals surface area contributed by atoms with E-state index in [-0.39, 0.29) is 0 Å². The molecule has 0 atom stereocenters. The molecule has 1 aromatic carbocycles. The number of halogens is 1. The Morgan fingerprint density at radius 2 is 1.85 bits per heavy atom. The molecule has 1 N–H and O–H groups in total. The first kappa shape index (κ1) is 16.1. The average Bonchev–Trinajstić information content (AvgIpc) is 3.41. The monoisotopic (exact) mass is 368 g/mol. The fourth-order valence-electron chi connectivity index (χ4n) is 3.89. The van der Waals surface area contributed by atoms with E-state index < -0.39 is 5.60 Å². The van der Waals surface area contributed by atoms with Gasteiger partial charge in [-0.3, -0.25) is 0 Å². The molecule has 0 amide bonds. The van der Waals surface area contributed by atoms with E-state index in [1.165, 1.54) is 18.5 Å². The Labute approximate surface area is 157 Å². The predicted molar refractivity (Wildman–Crippen MR) is 102 cm³/mol. The molecule has 1 aliphatic carbocycles. The van der Waals surface area contributed by atoms with Crippen LogP contribution >= 0.6 is 11.6 Å². The first-order valence-electron chi connectivity index (χ1n) is 9.20. The standard InChI is InChI=1S/C20H21ClN4O/c21-16-5-3-15(4-6-16)20(26)7-10-24(11-8-20)19-18-13-17(14-1-2-14)23-25(18)12-9-22-19/h3-6,9,12-14,26H,1-2,7-8,10-11H2. The maximum atomic E-state index is 11.1. The third-order valence-corrected chi connectivity index (χ3v) is 5.91. The Morgan fingerprint density at radius 1 is 1.12 bits per heavy atom. The van der Waals surface area contributed by atoms with Gasteiger partial charge in [-0.1, -0.05) is 23.7 Å². The zero-order chi connectivity index (χ0) is 17.7. The summed E-state index contributed by atoms with van der Waals surface area (Å²) in [4.78, 5) is 6.88. The SMILES string of the molecule is OC1(c2ccc(Cl)cc2)CCN(c2nccn3nc(C4CC4)cc23)CC1. The second-order valence-corrected chi connectivity index (χ2v) is 7.89. The molecule has 2 fully saturated rings. The van der Waals surface area contributed by atoms with Gasteiger partial charge in [0, 0.05) is 36.4 Å². The molecular formula is C20H21ClN4O. The molecule has 5 rings (SSSR count). The van der Waals surface area contributed by atoms with Gasteiger partial charge in [0.1, 0.15) is 5.52 Å². The van der Waals surface area contributed by atoms with E-state index in [2.05, 4.69) is 16.0 Å². The van der Waals surface area contributed by atoms with Gasteiger partial charge in [0.15, 0.2) is 5.82 Å². The Balaban J connectivity index is 1.40. The van der Waals surface area contributed by atoms with Crippen LogP contribution in [0.2, 0.25) is 5.02 Å². The van der Waals surface area contributed by atoms with Crippen LogP contribution < -0.4 is 4.90 Å². The molecule has 2 aliphatic rings. The van der Waals surface area contributed by atoms with Crippen LogP contribution in [0.4, 0.5) is 5.82 Å². The summed E-state index contributed by atoms with van der Waals surface area (Å²) in [6, 6.07) is 9.72. The van der Waals surface area contributed by atoms with Gasteiger partial charge >= 0.3 is 0 Å². The van der Waals surface area contributed by atoms with Crippen LogP contribution in [-0.2, 0) is 5.60 Å². The van der Waals surface area contributed by atoms with Gasteiger partial charge in [-0.25, -0.2) is 9.50 Å². The zero-order valence-electron chi connectivity index (χ0n) is 14.5. The molecule has 1 aliphatic heterocycles. The topological polar surface area (TPSA) is 53.7 Å². The Morgan fingerprint density at radius 3 is 2.54 bits per heavy atom. The van der Waals surface area contributed by atoms with Gasteiger partial charge in [0.05, 0.1) is 11.3 Å². The van der Waals surface area contributed by atoms with Crippen LogP contribution in [0.15, 0.2) is 42.7 Å². The van der Waals surface area contributed by atoms with E-state index >= 15 is 0 Å². The molecule has 3 aromatic rings. The number of fused-ring (bicyclic) bond motifs is 1. The van der Waals surface area contributed by atoms with Gasteiger partial charge < -0.3 is 10.0 Å². The lowest BCUT2D eigenvalue weighted by atomic mass is 9.84. The summed E-state index contributed by atoms with van der Waals surface area (Å²) < 4.78 is 1.94. The quantitative estimate of drug-likeness (QED) is 0.765. The van der Waals surface area contributed by atoms with E-state index in [1.54, 1.807) is 0 Å². The summed E-state index contributed by atoms with van der Waals surface area (Å²) in [5, 5.41) is 16.5. The Kier molecular flexibility index (Phi) is 3.69. The lowest BCUT2D eigenvalue weighted by molar-refractivity contribution is 0.0117. The van der Waals surface area contributed by atoms with Gasteiger partial charge in [0.25, 0.3) is 0 Å². The first-order chi connectivity index (χ1) is 12.6. The lowest BCUT2D eigenvalue weighted by Crippen LogP contribution is -2.43. The molecule has 3 heterocycles. The van der Waals surface area contributed by atoms with Gasteiger partial charge in [-0.05, 0) is 49.4 Å². The van der Waals surface area contributed by atoms with Crippen molar-refractivity contribution >= 4 is 22.9 Å². The normalized spacial score (nSPS) is 19.8. The van der Waals surface area contributed by atoms with E-state index in [9.17, 15) is 5.11 Å². The highest BCUT2D eigenvalue weighted by atomic mass is 35.5. The first-order valence-corrected chi connectivity index (χ1v) is 9.58. The van der Waals surface area contributed by atoms with Crippen molar-refractivity contribution in [3.05, 3.63) is 59.0 Å². The third-order valence-electron chi connectivity index (χ3n) is 5.66. The number of nitrogens with zero attached hydrogens (tertiary/aromatic N) is 4. The van der Waals surface area contributed by atoms with Crippen LogP contribution in [-0.4, -0.2) is 32.8 Å². The van der Waals surface area contributed by atoms with Crippen molar-refractivity contribution in [2.75, 3.05) is 18.0 Å². The Hall–Kier alpha value is -2.11. The van der Waals surface area contributed by atoms with Crippen molar-refractivity contribution in [3.63, 3.8) is 0 Å². The number of piperidine rings is 1. The molecule has 1 saturated heterocycles. The molecular weight excluding hydrogens is 348 g/mol. The third kappa shape index (κ3) is 2.75. The molecule has 2 aromatic heterocycles. The molecule has 26 heavy (non-hydrogen) atoms. The van der Waals surface area contributed by atoms with Crippen molar-refractivity contribution in [3.8, 4) is 0 Å².